The number of ether oxygens (including phenoxy) is 1. The second-order valence-electron chi connectivity index (χ2n) is 5.93. The molecule has 1 aromatic rings. The Bertz CT molecular complexity index is 461. The van der Waals surface area contributed by atoms with Crippen LogP contribution in [0.3, 0.4) is 0 Å². The zero-order valence-corrected chi connectivity index (χ0v) is 13.6. The Kier molecular flexibility index (Phi) is 5.22. The van der Waals surface area contributed by atoms with Gasteiger partial charge in [-0.3, -0.25) is 0 Å². The van der Waals surface area contributed by atoms with Crippen molar-refractivity contribution in [1.29, 1.82) is 0 Å². The number of rotatable bonds is 7. The van der Waals surface area contributed by atoms with Gasteiger partial charge in [-0.15, -0.1) is 0 Å². The molecular weight excluding hydrogens is 274 g/mol. The van der Waals surface area contributed by atoms with Gasteiger partial charge in [0, 0.05) is 31.7 Å². The standard InChI is InChI=1S/C15H24ClN3O/c1-10(2)9-19(7-8-20-4)15-11(3)13(16)17-14(18-15)12-5-6-12/h10,12H,5-9H2,1-4H3. The Morgan fingerprint density at radius 2 is 2.05 bits per heavy atom. The summed E-state index contributed by atoms with van der Waals surface area (Å²) in [7, 11) is 1.73. The van der Waals surface area contributed by atoms with Crippen molar-refractivity contribution < 1.29 is 4.74 Å². The normalized spacial score (nSPS) is 14.9. The first-order valence-electron chi connectivity index (χ1n) is 7.30. The average Bonchev–Trinajstić information content (AvgIpc) is 3.21. The summed E-state index contributed by atoms with van der Waals surface area (Å²) in [4.78, 5) is 11.5. The maximum Gasteiger partial charge on any atom is 0.137 e. The third-order valence-corrected chi connectivity index (χ3v) is 3.84. The summed E-state index contributed by atoms with van der Waals surface area (Å²) in [5.74, 6) is 2.94. The van der Waals surface area contributed by atoms with Crippen LogP contribution in [0.2, 0.25) is 5.15 Å². The minimum Gasteiger partial charge on any atom is -0.383 e. The van der Waals surface area contributed by atoms with E-state index in [1.165, 1.54) is 12.8 Å². The second kappa shape index (κ2) is 6.72. The fourth-order valence-corrected chi connectivity index (χ4v) is 2.42. The van der Waals surface area contributed by atoms with E-state index in [1.807, 2.05) is 6.92 Å². The second-order valence-corrected chi connectivity index (χ2v) is 6.29. The smallest absolute Gasteiger partial charge is 0.137 e. The summed E-state index contributed by atoms with van der Waals surface area (Å²) in [6.45, 7) is 8.87. The van der Waals surface area contributed by atoms with Gasteiger partial charge >= 0.3 is 0 Å². The SMILES string of the molecule is COCCN(CC(C)C)c1nc(C2CC2)nc(Cl)c1C. The molecule has 1 aliphatic carbocycles. The number of halogens is 1. The van der Waals surface area contributed by atoms with Crippen molar-refractivity contribution >= 4 is 17.4 Å². The molecule has 112 valence electrons. The molecule has 5 heteroatoms. The molecule has 0 bridgehead atoms. The topological polar surface area (TPSA) is 38.2 Å². The first kappa shape index (κ1) is 15.5. The van der Waals surface area contributed by atoms with Crippen molar-refractivity contribution in [2.45, 2.75) is 39.5 Å². The first-order valence-corrected chi connectivity index (χ1v) is 7.68. The Hall–Kier alpha value is -0.870. The van der Waals surface area contributed by atoms with Gasteiger partial charge < -0.3 is 9.64 Å². The van der Waals surface area contributed by atoms with Crippen LogP contribution in [-0.4, -0.2) is 36.8 Å². The zero-order valence-electron chi connectivity index (χ0n) is 12.8. The minimum absolute atomic E-state index is 0.509. The highest BCUT2D eigenvalue weighted by molar-refractivity contribution is 6.30. The van der Waals surface area contributed by atoms with Crippen molar-refractivity contribution in [3.63, 3.8) is 0 Å². The van der Waals surface area contributed by atoms with Crippen molar-refractivity contribution in [3.05, 3.63) is 16.5 Å². The van der Waals surface area contributed by atoms with Crippen LogP contribution in [0, 0.1) is 12.8 Å². The van der Waals surface area contributed by atoms with Crippen molar-refractivity contribution in [2.75, 3.05) is 31.7 Å². The van der Waals surface area contributed by atoms with Gasteiger partial charge in [0.25, 0.3) is 0 Å². The Balaban J connectivity index is 2.29. The van der Waals surface area contributed by atoms with E-state index in [9.17, 15) is 0 Å². The monoisotopic (exact) mass is 297 g/mol. The first-order chi connectivity index (χ1) is 9.52. The molecule has 0 aromatic carbocycles. The predicted octanol–water partition coefficient (Wildman–Crippen LogP) is 3.42. The van der Waals surface area contributed by atoms with E-state index in [0.717, 1.165) is 30.3 Å². The summed E-state index contributed by atoms with van der Waals surface area (Å²) in [5.41, 5.74) is 0.966. The number of nitrogens with zero attached hydrogens (tertiary/aromatic N) is 3. The van der Waals surface area contributed by atoms with Gasteiger partial charge in [0.05, 0.1) is 6.61 Å². The number of methoxy groups -OCH3 is 1. The summed E-state index contributed by atoms with van der Waals surface area (Å²) in [5, 5.41) is 0.586. The molecule has 0 aliphatic heterocycles. The van der Waals surface area contributed by atoms with Crippen LogP contribution in [0.25, 0.3) is 0 Å². The molecule has 0 saturated heterocycles. The molecule has 1 aromatic heterocycles. The number of aromatic nitrogens is 2. The molecule has 0 N–H and O–H groups in total. The molecule has 1 fully saturated rings. The highest BCUT2D eigenvalue weighted by Gasteiger charge is 2.29. The van der Waals surface area contributed by atoms with E-state index in [2.05, 4.69) is 23.7 Å². The Morgan fingerprint density at radius 1 is 1.35 bits per heavy atom. The van der Waals surface area contributed by atoms with Gasteiger partial charge in [-0.25, -0.2) is 9.97 Å². The molecule has 1 heterocycles. The highest BCUT2D eigenvalue weighted by Crippen LogP contribution is 2.40. The molecule has 0 amide bonds. The summed E-state index contributed by atoms with van der Waals surface area (Å²) >= 11 is 6.30. The average molecular weight is 298 g/mol. The molecule has 0 radical (unpaired) electrons. The molecule has 2 rings (SSSR count). The molecule has 0 spiro atoms. The van der Waals surface area contributed by atoms with Crippen LogP contribution in [0.15, 0.2) is 0 Å². The molecular formula is C15H24ClN3O. The molecule has 1 aliphatic rings. The molecule has 0 unspecified atom stereocenters. The van der Waals surface area contributed by atoms with Gasteiger partial charge in [-0.05, 0) is 25.7 Å². The Morgan fingerprint density at radius 3 is 2.60 bits per heavy atom. The van der Waals surface area contributed by atoms with Crippen molar-refractivity contribution in [2.24, 2.45) is 5.92 Å². The van der Waals surface area contributed by atoms with Crippen LogP contribution in [0.4, 0.5) is 5.82 Å². The van der Waals surface area contributed by atoms with Crippen molar-refractivity contribution in [3.8, 4) is 0 Å². The summed E-state index contributed by atoms with van der Waals surface area (Å²) < 4.78 is 5.22. The van der Waals surface area contributed by atoms with Crippen LogP contribution in [0.1, 0.15) is 44.0 Å². The van der Waals surface area contributed by atoms with Crippen molar-refractivity contribution in [1.82, 2.24) is 9.97 Å². The lowest BCUT2D eigenvalue weighted by Gasteiger charge is -2.27. The number of hydrogen-bond acceptors (Lipinski definition) is 4. The van der Waals surface area contributed by atoms with E-state index in [0.29, 0.717) is 23.6 Å². The maximum absolute atomic E-state index is 6.30. The van der Waals surface area contributed by atoms with Crippen LogP contribution >= 0.6 is 11.6 Å². The van der Waals surface area contributed by atoms with Gasteiger partial charge in [0.1, 0.15) is 16.8 Å². The van der Waals surface area contributed by atoms with Crippen LogP contribution in [0.5, 0.6) is 0 Å². The lowest BCUT2D eigenvalue weighted by atomic mass is 10.2. The number of anilines is 1. The van der Waals surface area contributed by atoms with E-state index in [4.69, 9.17) is 21.3 Å². The zero-order chi connectivity index (χ0) is 14.7. The summed E-state index contributed by atoms with van der Waals surface area (Å²) in [6.07, 6.45) is 2.36. The predicted molar refractivity (Wildman–Crippen MR) is 82.7 cm³/mol. The fourth-order valence-electron chi connectivity index (χ4n) is 2.25. The van der Waals surface area contributed by atoms with Gasteiger partial charge in [0.15, 0.2) is 0 Å². The highest BCUT2D eigenvalue weighted by atomic mass is 35.5. The van der Waals surface area contributed by atoms with Gasteiger partial charge in [-0.1, -0.05) is 25.4 Å². The Labute approximate surface area is 126 Å². The minimum atomic E-state index is 0.509. The van der Waals surface area contributed by atoms with E-state index >= 15 is 0 Å². The lowest BCUT2D eigenvalue weighted by molar-refractivity contribution is 0.204. The van der Waals surface area contributed by atoms with E-state index in [-0.39, 0.29) is 0 Å². The van der Waals surface area contributed by atoms with Crippen LogP contribution < -0.4 is 4.90 Å². The van der Waals surface area contributed by atoms with Gasteiger partial charge in [-0.2, -0.15) is 0 Å². The molecule has 0 atom stereocenters. The molecule has 4 nitrogen and oxygen atoms in total. The lowest BCUT2D eigenvalue weighted by Crippen LogP contribution is -2.32. The third kappa shape index (κ3) is 3.83. The summed E-state index contributed by atoms with van der Waals surface area (Å²) in [6, 6.07) is 0. The number of hydrogen-bond donors (Lipinski definition) is 0. The maximum atomic E-state index is 6.30. The van der Waals surface area contributed by atoms with E-state index < -0.39 is 0 Å². The molecule has 1 saturated carbocycles. The van der Waals surface area contributed by atoms with Crippen LogP contribution in [-0.2, 0) is 4.74 Å². The largest absolute Gasteiger partial charge is 0.383 e. The van der Waals surface area contributed by atoms with E-state index in [1.54, 1.807) is 7.11 Å². The quantitative estimate of drug-likeness (QED) is 0.723. The molecule has 20 heavy (non-hydrogen) atoms. The fraction of sp³-hybridized carbons (Fsp3) is 0.733. The van der Waals surface area contributed by atoms with Gasteiger partial charge in [0.2, 0.25) is 0 Å². The third-order valence-electron chi connectivity index (χ3n) is 3.47.